The molecule has 1 atom stereocenters. The summed E-state index contributed by atoms with van der Waals surface area (Å²) >= 11 is 6.41. The van der Waals surface area contributed by atoms with Crippen LogP contribution < -0.4 is 16.0 Å². The van der Waals surface area contributed by atoms with Gasteiger partial charge < -0.3 is 35.4 Å². The first-order chi connectivity index (χ1) is 22.4. The number of nitrogens with zero attached hydrogens (tertiary/aromatic N) is 7. The zero-order valence-corrected chi connectivity index (χ0v) is 25.7. The molecule has 0 unspecified atom stereocenters. The summed E-state index contributed by atoms with van der Waals surface area (Å²) in [4.78, 5) is 54.3. The Morgan fingerprint density at radius 2 is 1.89 bits per heavy atom. The van der Waals surface area contributed by atoms with Crippen molar-refractivity contribution in [3.8, 4) is 17.3 Å². The van der Waals surface area contributed by atoms with Crippen molar-refractivity contribution in [2.75, 3.05) is 44.6 Å². The summed E-state index contributed by atoms with van der Waals surface area (Å²) in [5.41, 5.74) is -1.12. The molecule has 0 spiro atoms. The van der Waals surface area contributed by atoms with Crippen molar-refractivity contribution in [3.63, 3.8) is 0 Å². The number of alkyl halides is 3. The lowest BCUT2D eigenvalue weighted by molar-refractivity contribution is -0.141. The number of carboxylic acid groups (broad SMARTS) is 1. The van der Waals surface area contributed by atoms with Crippen LogP contribution in [0.25, 0.3) is 11.3 Å². The van der Waals surface area contributed by atoms with Gasteiger partial charge in [0.1, 0.15) is 6.54 Å². The molecule has 4 heterocycles. The quantitative estimate of drug-likeness (QED) is 0.283. The number of amides is 4. The van der Waals surface area contributed by atoms with E-state index in [9.17, 15) is 27.6 Å². The van der Waals surface area contributed by atoms with Crippen molar-refractivity contribution < 1.29 is 37.5 Å². The summed E-state index contributed by atoms with van der Waals surface area (Å²) in [6, 6.07) is 6.02. The molecule has 3 aromatic rings. The number of carbonyl (C=O) groups is 4. The lowest BCUT2D eigenvalue weighted by Gasteiger charge is -2.35. The minimum Gasteiger partial charge on any atom is -0.483 e. The third-order valence-corrected chi connectivity index (χ3v) is 7.74. The standard InChI is InChI=1S/C27H28ClF3N10O3.CH2O2/c1-38-21(19-15-41(7-5-32)37-22(19)27(29,30)31)14-34-23(38)24(42)35-16-2-3-18(20(28)12-16)25(43)39-8-10-40(11-9-39)26(44)36-17-4-6-33-13-17;2-1-3/h2-3,12,14-15,17,33H,4,6-11,13H2,1H3,(H,35,42)(H,36,44);1H,(H,2,3)/t17-;/m0./s1. The Morgan fingerprint density at radius 1 is 1.21 bits per heavy atom. The van der Waals surface area contributed by atoms with E-state index in [0.29, 0.717) is 26.2 Å². The average Bonchev–Trinajstić information content (AvgIpc) is 3.78. The smallest absolute Gasteiger partial charge is 0.435 e. The molecule has 2 aliphatic rings. The normalized spacial score (nSPS) is 16.1. The fourth-order valence-electron chi connectivity index (χ4n) is 5.12. The molecule has 15 nitrogen and oxygen atoms in total. The lowest BCUT2D eigenvalue weighted by Crippen LogP contribution is -2.54. The minimum atomic E-state index is -4.80. The molecule has 1 aromatic carbocycles. The molecule has 19 heteroatoms. The topological polar surface area (TPSA) is 191 Å². The van der Waals surface area contributed by atoms with Crippen LogP contribution in [0.2, 0.25) is 5.02 Å². The summed E-state index contributed by atoms with van der Waals surface area (Å²) in [6.07, 6.45) is -1.74. The second-order valence-electron chi connectivity index (χ2n) is 10.4. The van der Waals surface area contributed by atoms with E-state index in [-0.39, 0.29) is 64.4 Å². The number of urea groups is 1. The van der Waals surface area contributed by atoms with Gasteiger partial charge >= 0.3 is 12.2 Å². The summed E-state index contributed by atoms with van der Waals surface area (Å²) in [5.74, 6) is -1.24. The third-order valence-electron chi connectivity index (χ3n) is 7.43. The Bertz CT molecular complexity index is 1670. The highest BCUT2D eigenvalue weighted by Gasteiger charge is 2.38. The highest BCUT2D eigenvalue weighted by molar-refractivity contribution is 6.34. The third kappa shape index (κ3) is 8.17. The Hall–Kier alpha value is -5.15. The van der Waals surface area contributed by atoms with Crippen LogP contribution in [-0.4, -0.2) is 104 Å². The highest BCUT2D eigenvalue weighted by atomic mass is 35.5. The van der Waals surface area contributed by atoms with Crippen molar-refractivity contribution in [3.05, 3.63) is 52.7 Å². The van der Waals surface area contributed by atoms with E-state index in [2.05, 4.69) is 26.0 Å². The second kappa shape index (κ2) is 15.0. The van der Waals surface area contributed by atoms with Gasteiger partial charge in [-0.1, -0.05) is 11.6 Å². The van der Waals surface area contributed by atoms with Crippen LogP contribution in [0.5, 0.6) is 0 Å². The molecule has 0 saturated carbocycles. The van der Waals surface area contributed by atoms with Gasteiger partial charge in [0, 0.05) is 57.7 Å². The van der Waals surface area contributed by atoms with Gasteiger partial charge in [-0.05, 0) is 31.2 Å². The maximum absolute atomic E-state index is 13.6. The zero-order chi connectivity index (χ0) is 34.3. The molecule has 2 fully saturated rings. The van der Waals surface area contributed by atoms with Crippen LogP contribution in [0.4, 0.5) is 23.7 Å². The average molecular weight is 679 g/mol. The first-order valence-electron chi connectivity index (χ1n) is 14.2. The number of hydrogen-bond donors (Lipinski definition) is 4. The van der Waals surface area contributed by atoms with Gasteiger partial charge in [0.2, 0.25) is 0 Å². The van der Waals surface area contributed by atoms with Gasteiger partial charge in [0.15, 0.2) is 11.5 Å². The van der Waals surface area contributed by atoms with Crippen LogP contribution in [0.15, 0.2) is 30.6 Å². The summed E-state index contributed by atoms with van der Waals surface area (Å²) in [7, 11) is 1.38. The summed E-state index contributed by atoms with van der Waals surface area (Å²) in [5, 5.41) is 28.1. The predicted molar refractivity (Wildman–Crippen MR) is 160 cm³/mol. The number of aromatic nitrogens is 4. The number of imidazole rings is 1. The zero-order valence-electron chi connectivity index (χ0n) is 24.9. The molecule has 2 saturated heterocycles. The maximum atomic E-state index is 13.6. The van der Waals surface area contributed by atoms with Crippen LogP contribution >= 0.6 is 11.6 Å². The molecule has 4 N–H and O–H groups in total. The Labute approximate surface area is 270 Å². The molecule has 2 aliphatic heterocycles. The van der Waals surface area contributed by atoms with E-state index in [0.717, 1.165) is 36.6 Å². The van der Waals surface area contributed by atoms with E-state index in [1.165, 1.54) is 29.8 Å². The Balaban J connectivity index is 0.00000160. The number of rotatable bonds is 6. The molecule has 4 amide bonds. The van der Waals surface area contributed by atoms with Crippen molar-refractivity contribution in [2.24, 2.45) is 7.05 Å². The number of anilines is 1. The van der Waals surface area contributed by atoms with E-state index in [1.807, 2.05) is 0 Å². The van der Waals surface area contributed by atoms with Crippen LogP contribution in [0, 0.1) is 11.3 Å². The molecule has 47 heavy (non-hydrogen) atoms. The molecule has 250 valence electrons. The van der Waals surface area contributed by atoms with Gasteiger partial charge in [-0.3, -0.25) is 19.1 Å². The van der Waals surface area contributed by atoms with Crippen LogP contribution in [0.1, 0.15) is 33.1 Å². The van der Waals surface area contributed by atoms with Crippen molar-refractivity contribution >= 4 is 41.6 Å². The van der Waals surface area contributed by atoms with Crippen LogP contribution in [0.3, 0.4) is 0 Å². The van der Waals surface area contributed by atoms with E-state index in [1.54, 1.807) is 15.9 Å². The van der Waals surface area contributed by atoms with Gasteiger partial charge in [-0.15, -0.1) is 0 Å². The monoisotopic (exact) mass is 678 g/mol. The fourth-order valence-corrected chi connectivity index (χ4v) is 5.38. The van der Waals surface area contributed by atoms with Crippen LogP contribution in [-0.2, 0) is 24.6 Å². The molecule has 0 bridgehead atoms. The van der Waals surface area contributed by atoms with Crippen molar-refractivity contribution in [2.45, 2.75) is 25.2 Å². The number of nitriles is 1. The number of piperazine rings is 1. The first-order valence-corrected chi connectivity index (χ1v) is 14.5. The molecule has 0 aliphatic carbocycles. The number of carbonyl (C=O) groups excluding carboxylic acids is 3. The fraction of sp³-hybridized carbons (Fsp3) is 0.393. The van der Waals surface area contributed by atoms with E-state index < -0.39 is 17.8 Å². The molecule has 0 radical (unpaired) electrons. The maximum Gasteiger partial charge on any atom is 0.435 e. The summed E-state index contributed by atoms with van der Waals surface area (Å²) in [6.45, 7) is 2.37. The summed E-state index contributed by atoms with van der Waals surface area (Å²) < 4.78 is 42.9. The number of hydrogen-bond acceptors (Lipinski definition) is 8. The lowest BCUT2D eigenvalue weighted by atomic mass is 10.1. The second-order valence-corrected chi connectivity index (χ2v) is 10.9. The van der Waals surface area contributed by atoms with E-state index >= 15 is 0 Å². The minimum absolute atomic E-state index is 0.0289. The Morgan fingerprint density at radius 3 is 2.49 bits per heavy atom. The Kier molecular flexibility index (Phi) is 11.1. The number of nitrogens with one attached hydrogen (secondary N) is 3. The highest BCUT2D eigenvalue weighted by Crippen LogP contribution is 2.36. The van der Waals surface area contributed by atoms with Gasteiger partial charge in [0.25, 0.3) is 18.3 Å². The van der Waals surface area contributed by atoms with Crippen molar-refractivity contribution in [1.82, 2.24) is 39.8 Å². The van der Waals surface area contributed by atoms with Gasteiger partial charge in [0.05, 0.1) is 34.1 Å². The van der Waals surface area contributed by atoms with Gasteiger partial charge in [-0.2, -0.15) is 23.5 Å². The molecular weight excluding hydrogens is 649 g/mol. The number of benzene rings is 1. The SMILES string of the molecule is Cn1c(-c2cn(CC#N)nc2C(F)(F)F)cnc1C(=O)Nc1ccc(C(=O)N2CCN(C(=O)N[C@H]3CCNC3)CC2)c(Cl)c1.O=CO. The molecule has 2 aromatic heterocycles. The molecule has 5 rings (SSSR count). The predicted octanol–water partition coefficient (Wildman–Crippen LogP) is 2.26. The first kappa shape index (κ1) is 34.7. The van der Waals surface area contributed by atoms with Crippen molar-refractivity contribution in [1.29, 1.82) is 5.26 Å². The number of halogens is 4. The molecular formula is C28H30ClF3N10O5. The van der Waals surface area contributed by atoms with E-state index in [4.69, 9.17) is 26.8 Å². The largest absolute Gasteiger partial charge is 0.483 e. The van der Waals surface area contributed by atoms with Gasteiger partial charge in [-0.25, -0.2) is 9.78 Å².